The van der Waals surface area contributed by atoms with E-state index in [4.69, 9.17) is 14.6 Å². The molecule has 2 aliphatic heterocycles. The lowest BCUT2D eigenvalue weighted by Gasteiger charge is -2.27. The van der Waals surface area contributed by atoms with Crippen LogP contribution < -0.4 is 10.6 Å². The first-order valence-corrected chi connectivity index (χ1v) is 11.4. The van der Waals surface area contributed by atoms with Gasteiger partial charge in [0.2, 0.25) is 6.41 Å². The number of nitrogens with zero attached hydrogens (tertiary/aromatic N) is 3. The summed E-state index contributed by atoms with van der Waals surface area (Å²) >= 11 is 0. The molecule has 0 radical (unpaired) electrons. The van der Waals surface area contributed by atoms with Gasteiger partial charge in [0, 0.05) is 42.7 Å². The van der Waals surface area contributed by atoms with E-state index in [1.54, 1.807) is 6.20 Å². The van der Waals surface area contributed by atoms with E-state index in [9.17, 15) is 9.59 Å². The highest BCUT2D eigenvalue weighted by Gasteiger charge is 2.23. The number of morpholine rings is 1. The highest BCUT2D eigenvalue weighted by Crippen LogP contribution is 2.29. The predicted molar refractivity (Wildman–Crippen MR) is 125 cm³/mol. The lowest BCUT2D eigenvalue weighted by molar-refractivity contribution is -0.108. The van der Waals surface area contributed by atoms with Crippen molar-refractivity contribution >= 4 is 29.9 Å². The van der Waals surface area contributed by atoms with Crippen molar-refractivity contribution in [3.63, 3.8) is 0 Å². The Morgan fingerprint density at radius 3 is 2.70 bits per heavy atom. The molecule has 2 aromatic rings. The van der Waals surface area contributed by atoms with Crippen molar-refractivity contribution in [3.8, 4) is 0 Å². The summed E-state index contributed by atoms with van der Waals surface area (Å²) in [7, 11) is 0. The van der Waals surface area contributed by atoms with Crippen molar-refractivity contribution in [1.82, 2.24) is 20.0 Å². The van der Waals surface area contributed by atoms with Gasteiger partial charge < -0.3 is 25.0 Å². The molecule has 0 spiro atoms. The highest BCUT2D eigenvalue weighted by molar-refractivity contribution is 5.96. The summed E-state index contributed by atoms with van der Waals surface area (Å²) in [5, 5.41) is 10.8. The van der Waals surface area contributed by atoms with E-state index in [-0.39, 0.29) is 11.9 Å². The molecule has 33 heavy (non-hydrogen) atoms. The van der Waals surface area contributed by atoms with E-state index in [1.165, 1.54) is 0 Å². The molecule has 0 saturated carbocycles. The first-order valence-electron chi connectivity index (χ1n) is 11.4. The van der Waals surface area contributed by atoms with E-state index in [2.05, 4.69) is 10.6 Å². The summed E-state index contributed by atoms with van der Waals surface area (Å²) in [6, 6.07) is 5.89. The normalized spacial score (nSPS) is 19.0. The number of aromatic nitrogens is 2. The SMILES string of the molecule is Cc1cc(Nc2nn(C3CCCOC3)c(/C=C\NC=O)c2C)ccc1C(=O)N1CCOCC1. The van der Waals surface area contributed by atoms with E-state index >= 15 is 0 Å². The van der Waals surface area contributed by atoms with Gasteiger partial charge in [-0.3, -0.25) is 14.3 Å². The zero-order chi connectivity index (χ0) is 23.2. The third kappa shape index (κ3) is 5.26. The smallest absolute Gasteiger partial charge is 0.254 e. The molecule has 0 bridgehead atoms. The van der Waals surface area contributed by atoms with Crippen LogP contribution in [-0.4, -0.2) is 66.5 Å². The Balaban J connectivity index is 1.57. The molecule has 2 N–H and O–H groups in total. The molecule has 0 aliphatic carbocycles. The lowest BCUT2D eigenvalue weighted by Crippen LogP contribution is -2.40. The Kier molecular flexibility index (Phi) is 7.41. The van der Waals surface area contributed by atoms with Gasteiger partial charge in [-0.25, -0.2) is 0 Å². The fourth-order valence-corrected chi connectivity index (χ4v) is 4.27. The minimum Gasteiger partial charge on any atom is -0.379 e. The Morgan fingerprint density at radius 1 is 1.18 bits per heavy atom. The van der Waals surface area contributed by atoms with Crippen LogP contribution in [-0.2, 0) is 14.3 Å². The number of amides is 2. The molecule has 4 rings (SSSR count). The molecule has 1 atom stereocenters. The summed E-state index contributed by atoms with van der Waals surface area (Å²) in [6.45, 7) is 7.73. The van der Waals surface area contributed by atoms with E-state index in [0.29, 0.717) is 44.9 Å². The average Bonchev–Trinajstić information content (AvgIpc) is 3.15. The minimum atomic E-state index is 0.0372. The summed E-state index contributed by atoms with van der Waals surface area (Å²) < 4.78 is 13.0. The number of rotatable bonds is 7. The quantitative estimate of drug-likeness (QED) is 0.626. The number of ether oxygens (including phenoxy) is 2. The fraction of sp³-hybridized carbons (Fsp3) is 0.458. The molecule has 3 heterocycles. The predicted octanol–water partition coefficient (Wildman–Crippen LogP) is 2.78. The van der Waals surface area contributed by atoms with Crippen LogP contribution in [0.3, 0.4) is 0 Å². The third-order valence-electron chi connectivity index (χ3n) is 6.10. The highest BCUT2D eigenvalue weighted by atomic mass is 16.5. The van der Waals surface area contributed by atoms with Crippen LogP contribution >= 0.6 is 0 Å². The lowest BCUT2D eigenvalue weighted by atomic mass is 10.1. The van der Waals surface area contributed by atoms with Crippen LogP contribution in [0.4, 0.5) is 11.5 Å². The molecule has 1 aromatic carbocycles. The van der Waals surface area contributed by atoms with Crippen molar-refractivity contribution in [2.24, 2.45) is 0 Å². The second kappa shape index (κ2) is 10.6. The number of anilines is 2. The number of aryl methyl sites for hydroxylation is 1. The molecule has 2 saturated heterocycles. The maximum Gasteiger partial charge on any atom is 0.254 e. The van der Waals surface area contributed by atoms with E-state index in [1.807, 2.05) is 47.7 Å². The van der Waals surface area contributed by atoms with E-state index in [0.717, 1.165) is 47.8 Å². The van der Waals surface area contributed by atoms with Gasteiger partial charge in [-0.05, 0) is 56.5 Å². The Morgan fingerprint density at radius 2 is 2.00 bits per heavy atom. The molecule has 1 unspecified atom stereocenters. The summed E-state index contributed by atoms with van der Waals surface area (Å²) in [6.07, 6.45) is 6.07. The van der Waals surface area contributed by atoms with Gasteiger partial charge in [0.1, 0.15) is 0 Å². The standard InChI is InChI=1S/C24H31N5O4/c1-17-14-19(5-6-21(17)24(31)28-9-12-32-13-10-28)26-23-18(2)22(7-8-25-16-30)29(27-23)20-4-3-11-33-15-20/h5-8,14,16,20H,3-4,9-13,15H2,1-2H3,(H,25,30)(H,26,27)/b8-7-. The average molecular weight is 454 g/mol. The molecule has 9 heteroatoms. The Labute approximate surface area is 193 Å². The molecule has 1 aromatic heterocycles. The van der Waals surface area contributed by atoms with Gasteiger partial charge >= 0.3 is 0 Å². The molecule has 176 valence electrons. The van der Waals surface area contributed by atoms with Gasteiger partial charge in [0.25, 0.3) is 5.91 Å². The second-order valence-electron chi connectivity index (χ2n) is 8.35. The van der Waals surface area contributed by atoms with E-state index < -0.39 is 0 Å². The molecule has 2 fully saturated rings. The number of nitrogens with one attached hydrogen (secondary N) is 2. The van der Waals surface area contributed by atoms with Crippen LogP contribution in [0.5, 0.6) is 0 Å². The molecular formula is C24H31N5O4. The number of hydrogen-bond acceptors (Lipinski definition) is 6. The van der Waals surface area contributed by atoms with Crippen molar-refractivity contribution in [1.29, 1.82) is 0 Å². The molecule has 2 amide bonds. The first-order chi connectivity index (χ1) is 16.1. The van der Waals surface area contributed by atoms with Gasteiger partial charge in [-0.15, -0.1) is 0 Å². The van der Waals surface area contributed by atoms with Gasteiger partial charge in [0.15, 0.2) is 5.82 Å². The number of carbonyl (C=O) groups is 2. The van der Waals surface area contributed by atoms with Crippen molar-refractivity contribution < 1.29 is 19.1 Å². The fourth-order valence-electron chi connectivity index (χ4n) is 4.27. The number of carbonyl (C=O) groups excluding carboxylic acids is 2. The largest absolute Gasteiger partial charge is 0.379 e. The van der Waals surface area contributed by atoms with Crippen molar-refractivity contribution in [2.45, 2.75) is 32.7 Å². The molecular weight excluding hydrogens is 422 g/mol. The van der Waals surface area contributed by atoms with Crippen LogP contribution in [0.25, 0.3) is 6.08 Å². The van der Waals surface area contributed by atoms with Crippen LogP contribution in [0.2, 0.25) is 0 Å². The van der Waals surface area contributed by atoms with Crippen LogP contribution in [0.1, 0.15) is 46.1 Å². The summed E-state index contributed by atoms with van der Waals surface area (Å²) in [5.74, 6) is 0.771. The Bertz CT molecular complexity index is 1020. The van der Waals surface area contributed by atoms with Crippen molar-refractivity contribution in [2.75, 3.05) is 44.8 Å². The molecule has 2 aliphatic rings. The zero-order valence-corrected chi connectivity index (χ0v) is 19.2. The molecule has 9 nitrogen and oxygen atoms in total. The van der Waals surface area contributed by atoms with Crippen LogP contribution in [0, 0.1) is 13.8 Å². The second-order valence-corrected chi connectivity index (χ2v) is 8.35. The minimum absolute atomic E-state index is 0.0372. The Hall–Kier alpha value is -3.17. The van der Waals surface area contributed by atoms with Crippen molar-refractivity contribution in [3.05, 3.63) is 46.8 Å². The maximum atomic E-state index is 12.9. The van der Waals surface area contributed by atoms with Gasteiger partial charge in [-0.1, -0.05) is 0 Å². The van der Waals surface area contributed by atoms with Gasteiger partial charge in [-0.2, -0.15) is 5.10 Å². The maximum absolute atomic E-state index is 12.9. The summed E-state index contributed by atoms with van der Waals surface area (Å²) in [4.78, 5) is 25.4. The number of benzene rings is 1. The summed E-state index contributed by atoms with van der Waals surface area (Å²) in [5.41, 5.74) is 4.35. The van der Waals surface area contributed by atoms with Gasteiger partial charge in [0.05, 0.1) is 31.6 Å². The zero-order valence-electron chi connectivity index (χ0n) is 19.2. The van der Waals surface area contributed by atoms with Crippen LogP contribution in [0.15, 0.2) is 24.4 Å². The topological polar surface area (TPSA) is 97.7 Å². The monoisotopic (exact) mass is 453 g/mol. The first kappa shape index (κ1) is 23.0. The number of hydrogen-bond donors (Lipinski definition) is 2. The third-order valence-corrected chi connectivity index (χ3v) is 6.10.